The Labute approximate surface area is 112 Å². The molecule has 0 saturated carbocycles. The Morgan fingerprint density at radius 2 is 1.95 bits per heavy atom. The molecule has 0 unspecified atom stereocenters. The van der Waals surface area contributed by atoms with Crippen LogP contribution in [0.15, 0.2) is 24.3 Å². The van der Waals surface area contributed by atoms with Gasteiger partial charge in [0.25, 0.3) is 0 Å². The van der Waals surface area contributed by atoms with Crippen molar-refractivity contribution in [2.45, 2.75) is 32.9 Å². The Hall–Kier alpha value is -2.04. The van der Waals surface area contributed by atoms with E-state index in [1.54, 1.807) is 4.90 Å². The van der Waals surface area contributed by atoms with E-state index in [4.69, 9.17) is 4.74 Å². The molecule has 3 amide bonds. The number of benzene rings is 1. The van der Waals surface area contributed by atoms with Crippen LogP contribution in [0, 0.1) is 0 Å². The summed E-state index contributed by atoms with van der Waals surface area (Å²) < 4.78 is 5.56. The second kappa shape index (κ2) is 5.73. The number of hydrogen-bond donors (Lipinski definition) is 1. The number of amides is 3. The third kappa shape index (κ3) is 3.71. The topological polar surface area (TPSA) is 58.6 Å². The fraction of sp³-hybridized carbons (Fsp3) is 0.429. The first-order chi connectivity index (χ1) is 9.04. The number of carbonyl (C=O) groups is 2. The van der Waals surface area contributed by atoms with Gasteiger partial charge in [0.2, 0.25) is 5.91 Å². The van der Waals surface area contributed by atoms with Gasteiger partial charge in [0.15, 0.2) is 0 Å². The molecule has 1 saturated heterocycles. The van der Waals surface area contributed by atoms with Crippen molar-refractivity contribution in [3.63, 3.8) is 0 Å². The molecule has 5 nitrogen and oxygen atoms in total. The Balaban J connectivity index is 1.96. The molecule has 2 rings (SSSR count). The van der Waals surface area contributed by atoms with Crippen LogP contribution in [0.25, 0.3) is 0 Å². The van der Waals surface area contributed by atoms with E-state index in [0.29, 0.717) is 19.5 Å². The summed E-state index contributed by atoms with van der Waals surface area (Å²) in [5, 5.41) is 2.31. The van der Waals surface area contributed by atoms with Crippen molar-refractivity contribution in [2.75, 3.05) is 6.54 Å². The second-order valence-corrected chi connectivity index (χ2v) is 4.84. The van der Waals surface area contributed by atoms with Crippen molar-refractivity contribution < 1.29 is 14.3 Å². The van der Waals surface area contributed by atoms with E-state index < -0.39 is 0 Å². The highest BCUT2D eigenvalue weighted by Gasteiger charge is 2.22. The van der Waals surface area contributed by atoms with E-state index in [2.05, 4.69) is 5.32 Å². The van der Waals surface area contributed by atoms with Gasteiger partial charge in [-0.3, -0.25) is 10.1 Å². The minimum Gasteiger partial charge on any atom is -0.491 e. The number of imide groups is 1. The van der Waals surface area contributed by atoms with E-state index >= 15 is 0 Å². The number of rotatable bonds is 4. The number of hydrogen-bond acceptors (Lipinski definition) is 3. The normalized spacial score (nSPS) is 15.6. The number of urea groups is 1. The van der Waals surface area contributed by atoms with Crippen LogP contribution in [0.1, 0.15) is 25.8 Å². The molecular weight excluding hydrogens is 244 g/mol. The Bertz CT molecular complexity index is 468. The van der Waals surface area contributed by atoms with E-state index in [-0.39, 0.29) is 18.0 Å². The van der Waals surface area contributed by atoms with Crippen molar-refractivity contribution in [3.05, 3.63) is 29.8 Å². The highest BCUT2D eigenvalue weighted by molar-refractivity contribution is 5.96. The van der Waals surface area contributed by atoms with Gasteiger partial charge in [-0.15, -0.1) is 0 Å². The maximum Gasteiger partial charge on any atom is 0.324 e. The zero-order valence-corrected chi connectivity index (χ0v) is 11.2. The zero-order valence-electron chi connectivity index (χ0n) is 11.2. The van der Waals surface area contributed by atoms with Crippen LogP contribution in [0.4, 0.5) is 4.79 Å². The lowest BCUT2D eigenvalue weighted by atomic mass is 10.2. The summed E-state index contributed by atoms with van der Waals surface area (Å²) in [7, 11) is 0. The van der Waals surface area contributed by atoms with Crippen LogP contribution in [-0.2, 0) is 11.3 Å². The number of nitrogens with one attached hydrogen (secondary N) is 1. The van der Waals surface area contributed by atoms with Gasteiger partial charge in [-0.25, -0.2) is 4.79 Å². The molecule has 0 spiro atoms. The van der Waals surface area contributed by atoms with Crippen LogP contribution in [0.5, 0.6) is 5.75 Å². The van der Waals surface area contributed by atoms with Crippen molar-refractivity contribution in [1.82, 2.24) is 10.2 Å². The molecule has 0 atom stereocenters. The molecule has 1 heterocycles. The van der Waals surface area contributed by atoms with Gasteiger partial charge < -0.3 is 9.64 Å². The van der Waals surface area contributed by atoms with Gasteiger partial charge in [0, 0.05) is 19.5 Å². The molecule has 1 aromatic carbocycles. The summed E-state index contributed by atoms with van der Waals surface area (Å²) in [5.41, 5.74) is 1.01. The smallest absolute Gasteiger partial charge is 0.324 e. The maximum absolute atomic E-state index is 11.6. The molecule has 0 aromatic heterocycles. The minimum atomic E-state index is -0.321. The van der Waals surface area contributed by atoms with Gasteiger partial charge in [-0.05, 0) is 31.5 Å². The van der Waals surface area contributed by atoms with Gasteiger partial charge in [-0.1, -0.05) is 12.1 Å². The third-order valence-electron chi connectivity index (χ3n) is 2.81. The lowest BCUT2D eigenvalue weighted by molar-refractivity contribution is -0.121. The molecule has 5 heteroatoms. The molecule has 1 aliphatic rings. The quantitative estimate of drug-likeness (QED) is 0.901. The second-order valence-electron chi connectivity index (χ2n) is 4.84. The van der Waals surface area contributed by atoms with E-state index in [9.17, 15) is 9.59 Å². The Morgan fingerprint density at radius 3 is 2.53 bits per heavy atom. The fourth-order valence-electron chi connectivity index (χ4n) is 1.92. The standard InChI is InChI=1S/C14H18N2O3/c1-10(2)19-12-5-3-11(4-6-12)9-16-8-7-13(17)15-14(16)18/h3-6,10H,7-9H2,1-2H3,(H,15,17,18). The van der Waals surface area contributed by atoms with Crippen molar-refractivity contribution >= 4 is 11.9 Å². The van der Waals surface area contributed by atoms with E-state index in [1.165, 1.54) is 0 Å². The first kappa shape index (κ1) is 13.4. The molecule has 1 N–H and O–H groups in total. The fourth-order valence-corrected chi connectivity index (χ4v) is 1.92. The zero-order chi connectivity index (χ0) is 13.8. The van der Waals surface area contributed by atoms with Crippen LogP contribution < -0.4 is 10.1 Å². The van der Waals surface area contributed by atoms with Gasteiger partial charge in [-0.2, -0.15) is 0 Å². The van der Waals surface area contributed by atoms with Crippen molar-refractivity contribution in [1.29, 1.82) is 0 Å². The van der Waals surface area contributed by atoms with Crippen LogP contribution >= 0.6 is 0 Å². The highest BCUT2D eigenvalue weighted by Crippen LogP contribution is 2.16. The van der Waals surface area contributed by atoms with E-state index in [0.717, 1.165) is 11.3 Å². The van der Waals surface area contributed by atoms with Gasteiger partial charge in [0.05, 0.1) is 6.10 Å². The largest absolute Gasteiger partial charge is 0.491 e. The monoisotopic (exact) mass is 262 g/mol. The predicted octanol–water partition coefficient (Wildman–Crippen LogP) is 1.92. The van der Waals surface area contributed by atoms with Crippen molar-refractivity contribution in [2.24, 2.45) is 0 Å². The molecule has 1 aliphatic heterocycles. The molecule has 102 valence electrons. The van der Waals surface area contributed by atoms with E-state index in [1.807, 2.05) is 38.1 Å². The van der Waals surface area contributed by atoms with Crippen LogP contribution in [0.3, 0.4) is 0 Å². The molecule has 1 aromatic rings. The summed E-state index contributed by atoms with van der Waals surface area (Å²) in [6, 6.07) is 7.33. The molecule has 19 heavy (non-hydrogen) atoms. The van der Waals surface area contributed by atoms with Gasteiger partial charge >= 0.3 is 6.03 Å². The lowest BCUT2D eigenvalue weighted by Gasteiger charge is -2.26. The average molecular weight is 262 g/mol. The number of nitrogens with zero attached hydrogens (tertiary/aromatic N) is 1. The molecule has 0 bridgehead atoms. The molecule has 1 fully saturated rings. The summed E-state index contributed by atoms with van der Waals surface area (Å²) in [5.74, 6) is 0.610. The first-order valence-corrected chi connectivity index (χ1v) is 6.39. The number of carbonyl (C=O) groups excluding carboxylic acids is 2. The average Bonchev–Trinajstić information content (AvgIpc) is 2.34. The Morgan fingerprint density at radius 1 is 1.26 bits per heavy atom. The molecular formula is C14H18N2O3. The van der Waals surface area contributed by atoms with Gasteiger partial charge in [0.1, 0.15) is 5.75 Å². The SMILES string of the molecule is CC(C)Oc1ccc(CN2CCC(=O)NC2=O)cc1. The van der Waals surface area contributed by atoms with Crippen LogP contribution in [-0.4, -0.2) is 29.5 Å². The highest BCUT2D eigenvalue weighted by atomic mass is 16.5. The summed E-state index contributed by atoms with van der Waals surface area (Å²) in [4.78, 5) is 24.3. The summed E-state index contributed by atoms with van der Waals surface area (Å²) >= 11 is 0. The van der Waals surface area contributed by atoms with Crippen molar-refractivity contribution in [3.8, 4) is 5.75 Å². The lowest BCUT2D eigenvalue weighted by Crippen LogP contribution is -2.48. The molecule has 0 radical (unpaired) electrons. The predicted molar refractivity (Wildman–Crippen MR) is 70.8 cm³/mol. The third-order valence-corrected chi connectivity index (χ3v) is 2.81. The maximum atomic E-state index is 11.6. The number of ether oxygens (including phenoxy) is 1. The summed E-state index contributed by atoms with van der Waals surface area (Å²) in [6.07, 6.45) is 0.505. The first-order valence-electron chi connectivity index (χ1n) is 6.39. The minimum absolute atomic E-state index is 0.143. The summed E-state index contributed by atoms with van der Waals surface area (Å²) in [6.45, 7) is 4.92. The molecule has 0 aliphatic carbocycles. The van der Waals surface area contributed by atoms with Crippen LogP contribution in [0.2, 0.25) is 0 Å². The Kier molecular flexibility index (Phi) is 4.04.